The number of hydrogen-bond acceptors (Lipinski definition) is 3. The minimum atomic E-state index is 0. The van der Waals surface area contributed by atoms with E-state index in [1.807, 2.05) is 0 Å². The molecule has 1 aromatic rings. The average molecular weight is 463 g/mol. The van der Waals surface area contributed by atoms with Crippen molar-refractivity contribution in [1.82, 2.24) is 10.6 Å². The Labute approximate surface area is 170 Å². The normalized spacial score (nSPS) is 11.1. The van der Waals surface area contributed by atoms with E-state index >= 15 is 0 Å². The number of unbranched alkanes of at least 4 members (excludes halogenated alkanes) is 1. The molecule has 0 aliphatic heterocycles. The molecule has 0 bridgehead atoms. The summed E-state index contributed by atoms with van der Waals surface area (Å²) in [5.74, 6) is 0.873. The third kappa shape index (κ3) is 11.4. The van der Waals surface area contributed by atoms with E-state index in [1.54, 1.807) is 7.11 Å². The molecule has 1 rings (SSSR count). The molecule has 0 aliphatic carbocycles. The van der Waals surface area contributed by atoms with E-state index in [9.17, 15) is 0 Å². The van der Waals surface area contributed by atoms with Gasteiger partial charge in [-0.05, 0) is 44.7 Å². The Balaban J connectivity index is 0.00000576. The van der Waals surface area contributed by atoms with Crippen LogP contribution in [-0.2, 0) is 16.0 Å². The van der Waals surface area contributed by atoms with E-state index in [0.29, 0.717) is 19.8 Å². The highest BCUT2D eigenvalue weighted by molar-refractivity contribution is 14.0. The maximum atomic E-state index is 5.46. The van der Waals surface area contributed by atoms with Crippen LogP contribution < -0.4 is 10.6 Å². The van der Waals surface area contributed by atoms with Crippen molar-refractivity contribution in [3.63, 3.8) is 0 Å². The first-order chi connectivity index (χ1) is 11.7. The van der Waals surface area contributed by atoms with Crippen molar-refractivity contribution in [3.05, 3.63) is 34.9 Å². The number of benzene rings is 1. The fraction of sp³-hybridized carbons (Fsp3) is 0.632. The fourth-order valence-corrected chi connectivity index (χ4v) is 2.31. The Kier molecular flexibility index (Phi) is 14.9. The number of aryl methyl sites for hydroxylation is 2. The molecule has 0 saturated heterocycles. The molecule has 1 aromatic carbocycles. The molecule has 5 nitrogen and oxygen atoms in total. The van der Waals surface area contributed by atoms with E-state index in [0.717, 1.165) is 38.5 Å². The van der Waals surface area contributed by atoms with Crippen molar-refractivity contribution in [3.8, 4) is 0 Å². The van der Waals surface area contributed by atoms with Gasteiger partial charge < -0.3 is 20.1 Å². The van der Waals surface area contributed by atoms with Crippen LogP contribution >= 0.6 is 24.0 Å². The summed E-state index contributed by atoms with van der Waals surface area (Å²) in [7, 11) is 1.69. The first kappa shape index (κ1) is 24.1. The highest BCUT2D eigenvalue weighted by Crippen LogP contribution is 2.11. The van der Waals surface area contributed by atoms with Crippen LogP contribution in [0.2, 0.25) is 0 Å². The molecular formula is C19H34IN3O2. The number of halogens is 1. The van der Waals surface area contributed by atoms with Crippen molar-refractivity contribution in [2.24, 2.45) is 4.99 Å². The van der Waals surface area contributed by atoms with Crippen LogP contribution in [0.1, 0.15) is 36.5 Å². The van der Waals surface area contributed by atoms with Gasteiger partial charge in [-0.1, -0.05) is 23.8 Å². The predicted octanol–water partition coefficient (Wildman–Crippen LogP) is 3.42. The van der Waals surface area contributed by atoms with Crippen LogP contribution in [0, 0.1) is 13.8 Å². The van der Waals surface area contributed by atoms with Crippen molar-refractivity contribution in [1.29, 1.82) is 0 Å². The van der Waals surface area contributed by atoms with Gasteiger partial charge in [0.2, 0.25) is 0 Å². The molecule has 25 heavy (non-hydrogen) atoms. The summed E-state index contributed by atoms with van der Waals surface area (Å²) >= 11 is 0. The zero-order valence-electron chi connectivity index (χ0n) is 16.1. The molecule has 144 valence electrons. The lowest BCUT2D eigenvalue weighted by Crippen LogP contribution is -2.37. The summed E-state index contributed by atoms with van der Waals surface area (Å²) in [6.45, 7) is 10.9. The third-order valence-corrected chi connectivity index (χ3v) is 3.69. The highest BCUT2D eigenvalue weighted by Gasteiger charge is 2.00. The van der Waals surface area contributed by atoms with Crippen LogP contribution in [0.15, 0.2) is 23.2 Å². The first-order valence-corrected chi connectivity index (χ1v) is 8.82. The van der Waals surface area contributed by atoms with Gasteiger partial charge in [-0.2, -0.15) is 0 Å². The van der Waals surface area contributed by atoms with E-state index in [-0.39, 0.29) is 24.0 Å². The van der Waals surface area contributed by atoms with Crippen LogP contribution in [0.3, 0.4) is 0 Å². The molecule has 0 aliphatic rings. The van der Waals surface area contributed by atoms with Gasteiger partial charge in [0.15, 0.2) is 5.96 Å². The lowest BCUT2D eigenvalue weighted by Gasteiger charge is -2.12. The molecule has 0 saturated carbocycles. The number of nitrogens with zero attached hydrogens (tertiary/aromatic N) is 1. The van der Waals surface area contributed by atoms with E-state index in [1.165, 1.54) is 16.7 Å². The molecule has 0 unspecified atom stereocenters. The molecule has 0 radical (unpaired) electrons. The maximum absolute atomic E-state index is 5.46. The number of ether oxygens (including phenoxy) is 2. The summed E-state index contributed by atoms with van der Waals surface area (Å²) in [5, 5.41) is 6.68. The molecular weight excluding hydrogens is 429 g/mol. The highest BCUT2D eigenvalue weighted by atomic mass is 127. The van der Waals surface area contributed by atoms with E-state index < -0.39 is 0 Å². The van der Waals surface area contributed by atoms with Gasteiger partial charge in [-0.15, -0.1) is 24.0 Å². The van der Waals surface area contributed by atoms with Crippen molar-refractivity contribution < 1.29 is 9.47 Å². The number of aliphatic imine (C=N–C) groups is 1. The van der Waals surface area contributed by atoms with Gasteiger partial charge in [0, 0.05) is 26.8 Å². The maximum Gasteiger partial charge on any atom is 0.191 e. The van der Waals surface area contributed by atoms with Gasteiger partial charge >= 0.3 is 0 Å². The second kappa shape index (κ2) is 15.4. The number of nitrogens with one attached hydrogen (secondary N) is 2. The molecule has 0 atom stereocenters. The van der Waals surface area contributed by atoms with Crippen LogP contribution in [-0.4, -0.2) is 46.0 Å². The standard InChI is InChI=1S/C19H33N3O2.HI/c1-5-20-19(21-10-6-7-11-24-13-12-23-4)22-15-18-9-8-16(2)14-17(18)3;/h8-9,14H,5-7,10-13,15H2,1-4H3,(H2,20,21,22);1H. The number of methoxy groups -OCH3 is 1. The van der Waals surface area contributed by atoms with E-state index in [2.05, 4.69) is 54.6 Å². The molecule has 0 spiro atoms. The minimum Gasteiger partial charge on any atom is -0.382 e. The Morgan fingerprint density at radius 3 is 2.56 bits per heavy atom. The number of rotatable bonds is 11. The quantitative estimate of drug-likeness (QED) is 0.229. The van der Waals surface area contributed by atoms with Gasteiger partial charge in [-0.25, -0.2) is 4.99 Å². The Bertz CT molecular complexity index is 496. The average Bonchev–Trinajstić information content (AvgIpc) is 2.56. The zero-order chi connectivity index (χ0) is 17.6. The van der Waals surface area contributed by atoms with Crippen LogP contribution in [0.4, 0.5) is 0 Å². The monoisotopic (exact) mass is 463 g/mol. The molecule has 0 heterocycles. The summed E-state index contributed by atoms with van der Waals surface area (Å²) in [6, 6.07) is 6.51. The summed E-state index contributed by atoms with van der Waals surface area (Å²) in [6.07, 6.45) is 2.09. The van der Waals surface area contributed by atoms with Crippen LogP contribution in [0.5, 0.6) is 0 Å². The van der Waals surface area contributed by atoms with Gasteiger partial charge in [0.25, 0.3) is 0 Å². The van der Waals surface area contributed by atoms with Crippen molar-refractivity contribution in [2.45, 2.75) is 40.2 Å². The predicted molar refractivity (Wildman–Crippen MR) is 116 cm³/mol. The topological polar surface area (TPSA) is 54.9 Å². The summed E-state index contributed by atoms with van der Waals surface area (Å²) in [4.78, 5) is 4.68. The van der Waals surface area contributed by atoms with E-state index in [4.69, 9.17) is 9.47 Å². The smallest absolute Gasteiger partial charge is 0.191 e. The second-order valence-corrected chi connectivity index (χ2v) is 5.86. The molecule has 0 aromatic heterocycles. The number of hydrogen-bond donors (Lipinski definition) is 2. The first-order valence-electron chi connectivity index (χ1n) is 8.82. The largest absolute Gasteiger partial charge is 0.382 e. The minimum absolute atomic E-state index is 0. The molecule has 0 amide bonds. The lowest BCUT2D eigenvalue weighted by atomic mass is 10.1. The SMILES string of the molecule is CCNC(=NCc1ccc(C)cc1C)NCCCCOCCOC.I. The second-order valence-electron chi connectivity index (χ2n) is 5.86. The summed E-state index contributed by atoms with van der Waals surface area (Å²) in [5.41, 5.74) is 3.85. The Morgan fingerprint density at radius 1 is 1.08 bits per heavy atom. The van der Waals surface area contributed by atoms with Crippen molar-refractivity contribution in [2.75, 3.05) is 40.0 Å². The molecule has 6 heteroatoms. The number of guanidine groups is 1. The van der Waals surface area contributed by atoms with Crippen LogP contribution in [0.25, 0.3) is 0 Å². The summed E-state index contributed by atoms with van der Waals surface area (Å²) < 4.78 is 10.4. The Hall–Kier alpha value is -0.860. The third-order valence-electron chi connectivity index (χ3n) is 3.69. The zero-order valence-corrected chi connectivity index (χ0v) is 18.4. The van der Waals surface area contributed by atoms with Gasteiger partial charge in [-0.3, -0.25) is 0 Å². The molecule has 0 fully saturated rings. The molecule has 2 N–H and O–H groups in total. The van der Waals surface area contributed by atoms with Gasteiger partial charge in [0.1, 0.15) is 0 Å². The van der Waals surface area contributed by atoms with Gasteiger partial charge in [0.05, 0.1) is 19.8 Å². The van der Waals surface area contributed by atoms with Crippen molar-refractivity contribution >= 4 is 29.9 Å². The lowest BCUT2D eigenvalue weighted by molar-refractivity contribution is 0.0689. The Morgan fingerprint density at radius 2 is 1.88 bits per heavy atom. The fourth-order valence-electron chi connectivity index (χ4n) is 2.31.